The number of para-hydroxylation sites is 6. The molecule has 16 aromatic carbocycles. The minimum absolute atomic E-state index is 0.0605. The lowest BCUT2D eigenvalue weighted by molar-refractivity contribution is 0.366. The molecule has 6 unspecified atom stereocenters. The standard InChI is InChI=1S/C21H20NO3P.C21H20NO2P.2C20H18NO2P.C16H17FNO3P.C16H18NO2P/c1-24-17-12-18(25-2)21(23)20(13-17)26-19-11-7-6-8-15(19)14-22-16-9-4-3-5-10-16;1-15-8-6-9-16(14-22-17-10-4-3-5-11-17)21(15)25-19-13-7-12-18(24-2)20(19)23;1-23-17-11-7-13-19(20(17)22)24-18-12-6-5-8-15(18)14-21-16-9-3-2-4-10-16;1-23-17-11-12-18(22)20(13-17)24-19-10-6-5-7-15(19)14-21-16-8-3-2-4-9-16;1-18-9-10-6-11(17)4-5-14(10)22-15-8-12(20-2)7-13(21-3)16(15)19;1-11-4-7-15(12(8-11)10-17-2)20-16-9-13(19-3)5-6-14(16)18/h3-14,23,26H,1-2H3;3-14,23,25H,1-2H3;2*2-14,22,24H,1H3;4-9,19,22H,1-3H3;4-10,18,20H,1-3H3. The summed E-state index contributed by atoms with van der Waals surface area (Å²) >= 11 is 0. The summed E-state index contributed by atoms with van der Waals surface area (Å²) in [7, 11) is 17.6. The Bertz CT molecular complexity index is 6880. The van der Waals surface area contributed by atoms with Gasteiger partial charge in [0.05, 0.1) is 79.6 Å². The fourth-order valence-corrected chi connectivity index (χ4v) is 20.7. The molecule has 0 aliphatic carbocycles. The van der Waals surface area contributed by atoms with Gasteiger partial charge in [0.25, 0.3) is 0 Å². The lowest BCUT2D eigenvalue weighted by atomic mass is 10.1. The zero-order chi connectivity index (χ0) is 100. The molecule has 0 aliphatic heterocycles. The lowest BCUT2D eigenvalue weighted by Crippen LogP contribution is -2.12. The highest BCUT2D eigenvalue weighted by Crippen LogP contribution is 2.37. The molecule has 27 heteroatoms. The smallest absolute Gasteiger partial charge is 0.165 e. The van der Waals surface area contributed by atoms with Gasteiger partial charge in [-0.1, -0.05) is 263 Å². The molecule has 6 N–H and O–H groups in total. The van der Waals surface area contributed by atoms with E-state index in [0.29, 0.717) is 85.4 Å². The quantitative estimate of drug-likeness (QED) is 0.0181. The minimum atomic E-state index is -0.323. The molecular formula is C114H111FN6O14P6. The first-order valence-corrected chi connectivity index (χ1v) is 50.1. The molecule has 141 heavy (non-hydrogen) atoms. The Kier molecular flexibility index (Phi) is 42.6. The van der Waals surface area contributed by atoms with Gasteiger partial charge in [0.15, 0.2) is 46.0 Å². The topological polar surface area (TPSA) is 269 Å². The predicted molar refractivity (Wildman–Crippen MR) is 596 cm³/mol. The Morgan fingerprint density at radius 3 is 0.922 bits per heavy atom. The summed E-state index contributed by atoms with van der Waals surface area (Å²) in [5.74, 6) is 5.34. The Morgan fingerprint density at radius 1 is 0.234 bits per heavy atom. The van der Waals surface area contributed by atoms with Crippen molar-refractivity contribution in [1.82, 2.24) is 0 Å². The molecule has 0 aromatic heterocycles. The summed E-state index contributed by atoms with van der Waals surface area (Å²) in [6, 6.07) is 109. The molecule has 0 saturated heterocycles. The van der Waals surface area contributed by atoms with Crippen molar-refractivity contribution >= 4 is 175 Å². The number of methoxy groups -OCH3 is 8. The molecule has 6 atom stereocenters. The van der Waals surface area contributed by atoms with Gasteiger partial charge < -0.3 is 68.5 Å². The Hall–Kier alpha value is -14.8. The minimum Gasteiger partial charge on any atom is -0.507 e. The zero-order valence-electron chi connectivity index (χ0n) is 79.9. The van der Waals surface area contributed by atoms with Gasteiger partial charge in [-0.3, -0.25) is 30.0 Å². The third-order valence-electron chi connectivity index (χ3n) is 20.8. The van der Waals surface area contributed by atoms with Crippen molar-refractivity contribution in [3.63, 3.8) is 0 Å². The van der Waals surface area contributed by atoms with E-state index in [1.165, 1.54) is 42.8 Å². The average molecular weight is 1990 g/mol. The fraction of sp³-hybridized carbons (Fsp3) is 0.105. The number of benzene rings is 16. The lowest BCUT2D eigenvalue weighted by Gasteiger charge is -2.13. The summed E-state index contributed by atoms with van der Waals surface area (Å²) in [5, 5.41) is 72.9. The van der Waals surface area contributed by atoms with Crippen molar-refractivity contribution in [1.29, 1.82) is 0 Å². The summed E-state index contributed by atoms with van der Waals surface area (Å²) in [6.07, 6.45) is 10.9. The number of phenols is 6. The van der Waals surface area contributed by atoms with Crippen molar-refractivity contribution in [3.8, 4) is 80.5 Å². The van der Waals surface area contributed by atoms with Gasteiger partial charge in [-0.2, -0.15) is 0 Å². The van der Waals surface area contributed by atoms with Gasteiger partial charge in [0.1, 0.15) is 40.3 Å². The maximum atomic E-state index is 13.4. The first-order valence-electron chi connectivity index (χ1n) is 44.1. The molecule has 0 aliphatic rings. The van der Waals surface area contributed by atoms with E-state index in [2.05, 4.69) is 86.3 Å². The third kappa shape index (κ3) is 32.4. The van der Waals surface area contributed by atoms with Crippen molar-refractivity contribution < 1.29 is 72.9 Å². The molecule has 0 saturated carbocycles. The van der Waals surface area contributed by atoms with Gasteiger partial charge in [-0.25, -0.2) is 4.39 Å². The van der Waals surface area contributed by atoms with E-state index in [1.807, 2.05) is 262 Å². The Labute approximate surface area is 834 Å². The number of aryl methyl sites for hydroxylation is 2. The van der Waals surface area contributed by atoms with Crippen LogP contribution in [0.25, 0.3) is 0 Å². The van der Waals surface area contributed by atoms with E-state index < -0.39 is 0 Å². The zero-order valence-corrected chi connectivity index (χ0v) is 85.9. The Balaban J connectivity index is 0.000000162. The largest absolute Gasteiger partial charge is 0.507 e. The molecule has 0 radical (unpaired) electrons. The van der Waals surface area contributed by atoms with Gasteiger partial charge in [-0.05, 0) is 179 Å². The van der Waals surface area contributed by atoms with Crippen LogP contribution in [0.1, 0.15) is 44.5 Å². The predicted octanol–water partition coefficient (Wildman–Crippen LogP) is 20.1. The van der Waals surface area contributed by atoms with Crippen LogP contribution < -0.4 is 102 Å². The molecule has 16 aromatic rings. The van der Waals surface area contributed by atoms with Crippen LogP contribution in [0.2, 0.25) is 0 Å². The van der Waals surface area contributed by atoms with Crippen LogP contribution in [0.5, 0.6) is 80.5 Å². The van der Waals surface area contributed by atoms with Crippen LogP contribution in [0.15, 0.2) is 376 Å². The molecule has 0 amide bonds. The maximum Gasteiger partial charge on any atom is 0.165 e. The number of ether oxygens (including phenoxy) is 8. The number of aliphatic imine (C=N–C) groups is 6. The average Bonchev–Trinajstić information content (AvgIpc) is 0.836. The van der Waals surface area contributed by atoms with E-state index in [9.17, 15) is 35.0 Å². The second-order valence-corrected chi connectivity index (χ2v) is 38.4. The second kappa shape index (κ2) is 56.3. The highest BCUT2D eigenvalue weighted by atomic mass is 31.1. The molecular weight excluding hydrogens is 1880 g/mol. The molecule has 718 valence electrons. The number of nitrogens with zero attached hydrogens (tertiary/aromatic N) is 6. The number of phenolic OH excluding ortho intramolecular Hbond substituents is 6. The van der Waals surface area contributed by atoms with Crippen molar-refractivity contribution in [2.45, 2.75) is 13.8 Å². The summed E-state index contributed by atoms with van der Waals surface area (Å²) in [5.41, 5.74) is 12.0. The van der Waals surface area contributed by atoms with Crippen LogP contribution in [0.4, 0.5) is 27.1 Å². The molecule has 20 nitrogen and oxygen atoms in total. The summed E-state index contributed by atoms with van der Waals surface area (Å²) < 4.78 is 55.2. The Morgan fingerprint density at radius 2 is 0.539 bits per heavy atom. The first-order chi connectivity index (χ1) is 68.6. The molecule has 0 heterocycles. The van der Waals surface area contributed by atoms with E-state index in [4.69, 9.17) is 37.9 Å². The summed E-state index contributed by atoms with van der Waals surface area (Å²) in [4.78, 5) is 26.2. The van der Waals surface area contributed by atoms with Crippen LogP contribution in [0.3, 0.4) is 0 Å². The van der Waals surface area contributed by atoms with Crippen molar-refractivity contribution in [2.75, 3.05) is 71.0 Å². The molecule has 16 rings (SSSR count). The maximum absolute atomic E-state index is 13.4. The van der Waals surface area contributed by atoms with Crippen molar-refractivity contribution in [3.05, 3.63) is 396 Å². The van der Waals surface area contributed by atoms with E-state index in [-0.39, 0.29) is 51.7 Å². The normalized spacial score (nSPS) is 11.4. The van der Waals surface area contributed by atoms with Gasteiger partial charge in [0.2, 0.25) is 0 Å². The van der Waals surface area contributed by atoms with Crippen LogP contribution in [0, 0.1) is 19.7 Å². The van der Waals surface area contributed by atoms with Gasteiger partial charge in [0, 0.05) is 129 Å². The molecule has 0 spiro atoms. The SMILES string of the molecule is CN=Cc1cc(C)ccc1Pc1cc(OC)ccc1O.CN=Cc1cc(F)ccc1Pc1cc(OC)cc(OC)c1O.COc1cc(OC)c(O)c(Pc2ccccc2C=Nc2ccccc2)c1.COc1ccc(O)c(Pc2ccccc2C=Nc2ccccc2)c1.COc1cccc(Pc2c(C)cccc2C=Nc2ccccc2)c1O.COc1cccc(Pc2ccccc2C=Nc2ccccc2)c1O. The monoisotopic (exact) mass is 1990 g/mol. The molecule has 0 bridgehead atoms. The first kappa shape index (κ1) is 107. The number of aromatic hydroxyl groups is 6. The van der Waals surface area contributed by atoms with E-state index >= 15 is 0 Å². The van der Waals surface area contributed by atoms with Gasteiger partial charge >= 0.3 is 0 Å². The number of rotatable bonds is 30. The highest BCUT2D eigenvalue weighted by Gasteiger charge is 2.19. The van der Waals surface area contributed by atoms with E-state index in [1.54, 1.807) is 124 Å². The number of hydrogen-bond donors (Lipinski definition) is 6. The van der Waals surface area contributed by atoms with E-state index in [0.717, 1.165) is 115 Å². The number of hydrogen-bond acceptors (Lipinski definition) is 20. The highest BCUT2D eigenvalue weighted by molar-refractivity contribution is 7.57. The van der Waals surface area contributed by atoms with Gasteiger partial charge in [-0.15, -0.1) is 0 Å². The van der Waals surface area contributed by atoms with Crippen LogP contribution >= 0.6 is 51.5 Å². The third-order valence-corrected chi connectivity index (χ3v) is 29.4. The number of halogens is 1. The van der Waals surface area contributed by atoms with Crippen LogP contribution in [-0.4, -0.2) is 139 Å². The second-order valence-electron chi connectivity index (χ2n) is 30.5. The fourth-order valence-electron chi connectivity index (χ4n) is 13.5. The van der Waals surface area contributed by atoms with Crippen LogP contribution in [-0.2, 0) is 0 Å². The summed E-state index contributed by atoms with van der Waals surface area (Å²) in [6.45, 7) is 4.14. The van der Waals surface area contributed by atoms with Crippen molar-refractivity contribution in [2.24, 2.45) is 30.0 Å². The molecule has 0 fully saturated rings.